The maximum absolute atomic E-state index is 9.50. The van der Waals surface area contributed by atoms with Crippen molar-refractivity contribution in [2.75, 3.05) is 0 Å². The average Bonchev–Trinajstić information content (AvgIpc) is 2.48. The van der Waals surface area contributed by atoms with E-state index in [2.05, 4.69) is 15.5 Å². The lowest BCUT2D eigenvalue weighted by atomic mass is 10.1. The monoisotopic (exact) mass is 202 g/mol. The second-order valence-corrected chi connectivity index (χ2v) is 3.36. The summed E-state index contributed by atoms with van der Waals surface area (Å²) in [7, 11) is 0. The molecule has 0 bridgehead atoms. The molecule has 8 nitrogen and oxygen atoms in total. The molecule has 1 aliphatic rings. The van der Waals surface area contributed by atoms with Crippen LogP contribution >= 0.6 is 0 Å². The van der Waals surface area contributed by atoms with Gasteiger partial charge in [0.2, 0.25) is 11.6 Å². The first-order valence-corrected chi connectivity index (χ1v) is 4.12. The van der Waals surface area contributed by atoms with E-state index in [9.17, 15) is 20.4 Å². The highest BCUT2D eigenvalue weighted by molar-refractivity contribution is 4.96. The molecule has 1 aliphatic heterocycles. The fraction of sp³-hybridized carbons (Fsp3) is 0.833. The number of hydrogen-bond donors (Lipinski definition) is 4. The molecule has 1 aromatic rings. The molecule has 4 N–H and O–H groups in total. The number of fused-ring (bicyclic) bond motifs is 1. The summed E-state index contributed by atoms with van der Waals surface area (Å²) >= 11 is 0. The summed E-state index contributed by atoms with van der Waals surface area (Å²) in [5.41, 5.74) is 0. The van der Waals surface area contributed by atoms with Gasteiger partial charge in [-0.15, -0.1) is 5.10 Å². The molecule has 0 fully saturated rings. The summed E-state index contributed by atoms with van der Waals surface area (Å²) in [6.45, 7) is 0. The molecule has 8 heteroatoms. The summed E-state index contributed by atoms with van der Waals surface area (Å²) in [4.78, 5) is 0. The molecule has 0 aromatic carbocycles. The maximum Gasteiger partial charge on any atom is 0.269 e. The normalized spacial score (nSPS) is 24.0. The van der Waals surface area contributed by atoms with Gasteiger partial charge in [0.05, 0.1) is 0 Å². The van der Waals surface area contributed by atoms with Crippen molar-refractivity contribution in [2.24, 2.45) is 0 Å². The van der Waals surface area contributed by atoms with Crippen molar-refractivity contribution >= 4 is 0 Å². The van der Waals surface area contributed by atoms with Crippen LogP contribution in [0.15, 0.2) is 0 Å². The van der Waals surface area contributed by atoms with Gasteiger partial charge in [-0.3, -0.25) is 0 Å². The van der Waals surface area contributed by atoms with Crippen molar-refractivity contribution in [2.45, 2.75) is 31.0 Å². The Labute approximate surface area is 78.4 Å². The first-order valence-electron chi connectivity index (χ1n) is 4.12. The highest BCUT2D eigenvalue weighted by Crippen LogP contribution is 2.31. The SMILES string of the molecule is OC1(O)CCCC(O)(O)n2nnnc21. The van der Waals surface area contributed by atoms with Gasteiger partial charge in [0.15, 0.2) is 0 Å². The second-order valence-electron chi connectivity index (χ2n) is 3.36. The fourth-order valence-electron chi connectivity index (χ4n) is 1.47. The van der Waals surface area contributed by atoms with E-state index >= 15 is 0 Å². The minimum absolute atomic E-state index is 0.0454. The van der Waals surface area contributed by atoms with Crippen LogP contribution in [0.4, 0.5) is 0 Å². The molecule has 0 unspecified atom stereocenters. The van der Waals surface area contributed by atoms with Crippen molar-refractivity contribution < 1.29 is 20.4 Å². The van der Waals surface area contributed by atoms with E-state index in [4.69, 9.17) is 0 Å². The number of aliphatic hydroxyl groups is 4. The van der Waals surface area contributed by atoms with Gasteiger partial charge in [0.1, 0.15) is 0 Å². The first kappa shape index (κ1) is 9.46. The third-order valence-electron chi connectivity index (χ3n) is 2.20. The summed E-state index contributed by atoms with van der Waals surface area (Å²) in [6.07, 6.45) is 0.120. The zero-order valence-electron chi connectivity index (χ0n) is 7.20. The lowest BCUT2D eigenvalue weighted by Gasteiger charge is -2.21. The molecule has 0 aliphatic carbocycles. The van der Waals surface area contributed by atoms with Crippen LogP contribution in [0.25, 0.3) is 0 Å². The number of hydrogen-bond acceptors (Lipinski definition) is 7. The largest absolute Gasteiger partial charge is 0.359 e. The third-order valence-corrected chi connectivity index (χ3v) is 2.20. The molecule has 14 heavy (non-hydrogen) atoms. The van der Waals surface area contributed by atoms with E-state index < -0.39 is 11.7 Å². The van der Waals surface area contributed by atoms with Crippen molar-refractivity contribution in [1.29, 1.82) is 0 Å². The Hall–Kier alpha value is -1.09. The Bertz CT molecular complexity index is 317. The Morgan fingerprint density at radius 1 is 1.14 bits per heavy atom. The van der Waals surface area contributed by atoms with Crippen LogP contribution in [0, 0.1) is 0 Å². The Morgan fingerprint density at radius 3 is 2.57 bits per heavy atom. The lowest BCUT2D eigenvalue weighted by molar-refractivity contribution is -0.244. The molecule has 2 heterocycles. The molecular weight excluding hydrogens is 192 g/mol. The summed E-state index contributed by atoms with van der Waals surface area (Å²) in [5.74, 6) is -4.83. The molecular formula is C6H10N4O4. The number of tetrazole rings is 1. The Balaban J connectivity index is 2.55. The average molecular weight is 202 g/mol. The first-order chi connectivity index (χ1) is 6.43. The number of rotatable bonds is 0. The molecule has 0 spiro atoms. The van der Waals surface area contributed by atoms with Gasteiger partial charge in [0.25, 0.3) is 5.91 Å². The highest BCUT2D eigenvalue weighted by atomic mass is 16.5. The standard InChI is InChI=1S/C6H10N4O4/c11-5(12)2-1-3-6(13,14)10-4(5)7-8-9-10/h11-14H,1-3H2. The summed E-state index contributed by atoms with van der Waals surface area (Å²) in [6, 6.07) is 0. The van der Waals surface area contributed by atoms with E-state index in [0.29, 0.717) is 4.68 Å². The van der Waals surface area contributed by atoms with E-state index in [0.717, 1.165) is 0 Å². The fourth-order valence-corrected chi connectivity index (χ4v) is 1.47. The zero-order valence-corrected chi connectivity index (χ0v) is 7.20. The van der Waals surface area contributed by atoms with Crippen molar-refractivity contribution in [3.05, 3.63) is 5.82 Å². The van der Waals surface area contributed by atoms with E-state index in [-0.39, 0.29) is 25.1 Å². The molecule has 0 radical (unpaired) electrons. The van der Waals surface area contributed by atoms with Crippen molar-refractivity contribution in [3.63, 3.8) is 0 Å². The van der Waals surface area contributed by atoms with Crippen LogP contribution in [-0.2, 0) is 11.7 Å². The van der Waals surface area contributed by atoms with Crippen LogP contribution in [0.2, 0.25) is 0 Å². The van der Waals surface area contributed by atoms with E-state index in [1.54, 1.807) is 0 Å². The van der Waals surface area contributed by atoms with Gasteiger partial charge in [-0.25, -0.2) is 0 Å². The quantitative estimate of drug-likeness (QED) is 0.345. The molecule has 0 saturated carbocycles. The minimum atomic E-state index is -2.26. The minimum Gasteiger partial charge on any atom is -0.359 e. The van der Waals surface area contributed by atoms with E-state index in [1.165, 1.54) is 0 Å². The molecule has 1 aromatic heterocycles. The van der Waals surface area contributed by atoms with Gasteiger partial charge >= 0.3 is 0 Å². The van der Waals surface area contributed by atoms with Gasteiger partial charge in [0, 0.05) is 12.8 Å². The summed E-state index contributed by atoms with van der Waals surface area (Å²) in [5, 5.41) is 47.8. The topological polar surface area (TPSA) is 125 Å². The van der Waals surface area contributed by atoms with Crippen LogP contribution in [0.1, 0.15) is 25.1 Å². The van der Waals surface area contributed by atoms with Crippen LogP contribution < -0.4 is 0 Å². The Kier molecular flexibility index (Phi) is 1.83. The van der Waals surface area contributed by atoms with Gasteiger partial charge in [-0.2, -0.15) is 4.68 Å². The van der Waals surface area contributed by atoms with Crippen LogP contribution in [-0.4, -0.2) is 40.6 Å². The van der Waals surface area contributed by atoms with Gasteiger partial charge < -0.3 is 20.4 Å². The van der Waals surface area contributed by atoms with E-state index in [1.807, 2.05) is 0 Å². The third kappa shape index (κ3) is 1.28. The van der Waals surface area contributed by atoms with Crippen molar-refractivity contribution in [3.8, 4) is 0 Å². The predicted molar refractivity (Wildman–Crippen MR) is 40.2 cm³/mol. The molecule has 0 amide bonds. The molecule has 0 atom stereocenters. The lowest BCUT2D eigenvalue weighted by Crippen LogP contribution is -2.37. The zero-order chi connectivity index (χ0) is 10.4. The Morgan fingerprint density at radius 2 is 1.86 bits per heavy atom. The predicted octanol–water partition coefficient (Wildman–Crippen LogP) is -2.41. The second kappa shape index (κ2) is 2.70. The number of nitrogens with zero attached hydrogens (tertiary/aromatic N) is 4. The van der Waals surface area contributed by atoms with Gasteiger partial charge in [-0.1, -0.05) is 0 Å². The van der Waals surface area contributed by atoms with Crippen molar-refractivity contribution in [1.82, 2.24) is 20.2 Å². The number of aromatic nitrogens is 4. The molecule has 0 saturated heterocycles. The van der Waals surface area contributed by atoms with Crippen LogP contribution in [0.5, 0.6) is 0 Å². The highest BCUT2D eigenvalue weighted by Gasteiger charge is 2.43. The maximum atomic E-state index is 9.50. The smallest absolute Gasteiger partial charge is 0.269 e. The molecule has 78 valence electrons. The molecule has 2 rings (SSSR count). The van der Waals surface area contributed by atoms with Crippen LogP contribution in [0.3, 0.4) is 0 Å². The summed E-state index contributed by atoms with van der Waals surface area (Å²) < 4.78 is 0.611. The van der Waals surface area contributed by atoms with Gasteiger partial charge in [-0.05, 0) is 16.8 Å².